The number of aliphatic carboxylic acids is 1. The normalized spacial score (nSPS) is 12.1. The van der Waals surface area contributed by atoms with Crippen molar-refractivity contribution in [2.45, 2.75) is 10.1 Å². The maximum Gasteiger partial charge on any atom is 0.321 e. The number of carbonyl (C=O) groups is 1. The molecule has 2 nitrogen and oxygen atoms in total. The minimum atomic E-state index is -0.910. The number of hydrogen-bond donors (Lipinski definition) is 1. The summed E-state index contributed by atoms with van der Waals surface area (Å²) in [6.45, 7) is 0. The SMILES string of the molecule is O=C(O)C(Sc1cc(Cl)ccc1Cl)c1ccccc1. The Bertz CT molecular complexity index is 587. The summed E-state index contributed by atoms with van der Waals surface area (Å²) >= 11 is 13.1. The first-order chi connectivity index (χ1) is 9.08. The molecule has 0 aliphatic heterocycles. The van der Waals surface area contributed by atoms with Crippen LogP contribution in [0.15, 0.2) is 53.4 Å². The molecule has 2 aromatic carbocycles. The zero-order valence-electron chi connectivity index (χ0n) is 9.72. The molecule has 98 valence electrons. The molecular weight excluding hydrogens is 303 g/mol. The molecule has 5 heteroatoms. The highest BCUT2D eigenvalue weighted by Crippen LogP contribution is 2.39. The second-order valence-corrected chi connectivity index (χ2v) is 5.81. The van der Waals surface area contributed by atoms with Crippen molar-refractivity contribution < 1.29 is 9.90 Å². The van der Waals surface area contributed by atoms with E-state index in [-0.39, 0.29) is 0 Å². The van der Waals surface area contributed by atoms with Crippen molar-refractivity contribution >= 4 is 40.9 Å². The first kappa shape index (κ1) is 14.3. The van der Waals surface area contributed by atoms with E-state index in [4.69, 9.17) is 23.2 Å². The molecule has 2 aromatic rings. The van der Waals surface area contributed by atoms with Gasteiger partial charge in [-0.2, -0.15) is 0 Å². The number of rotatable bonds is 4. The van der Waals surface area contributed by atoms with Gasteiger partial charge in [0, 0.05) is 9.92 Å². The van der Waals surface area contributed by atoms with E-state index >= 15 is 0 Å². The van der Waals surface area contributed by atoms with E-state index in [1.54, 1.807) is 30.3 Å². The first-order valence-electron chi connectivity index (χ1n) is 5.47. The van der Waals surface area contributed by atoms with Crippen LogP contribution in [0.25, 0.3) is 0 Å². The van der Waals surface area contributed by atoms with Crippen LogP contribution in [0, 0.1) is 0 Å². The van der Waals surface area contributed by atoms with Gasteiger partial charge in [-0.1, -0.05) is 53.5 Å². The predicted molar refractivity (Wildman–Crippen MR) is 79.1 cm³/mol. The molecule has 0 fully saturated rings. The van der Waals surface area contributed by atoms with Crippen molar-refractivity contribution in [3.8, 4) is 0 Å². The predicted octanol–water partition coefficient (Wildman–Crippen LogP) is 4.91. The molecule has 0 radical (unpaired) electrons. The Balaban J connectivity index is 2.32. The van der Waals surface area contributed by atoms with Gasteiger partial charge in [-0.05, 0) is 23.8 Å². The van der Waals surface area contributed by atoms with Crippen LogP contribution < -0.4 is 0 Å². The monoisotopic (exact) mass is 312 g/mol. The number of thioether (sulfide) groups is 1. The third kappa shape index (κ3) is 3.66. The molecule has 0 spiro atoms. The van der Waals surface area contributed by atoms with E-state index in [9.17, 15) is 9.90 Å². The summed E-state index contributed by atoms with van der Waals surface area (Å²) in [5.74, 6) is -0.910. The Hall–Kier alpha value is -1.16. The molecule has 0 saturated carbocycles. The van der Waals surface area contributed by atoms with Gasteiger partial charge < -0.3 is 5.11 Å². The van der Waals surface area contributed by atoms with E-state index in [0.29, 0.717) is 14.9 Å². The van der Waals surface area contributed by atoms with Gasteiger partial charge >= 0.3 is 5.97 Å². The van der Waals surface area contributed by atoms with Crippen LogP contribution in [0.3, 0.4) is 0 Å². The van der Waals surface area contributed by atoms with Crippen LogP contribution in [-0.4, -0.2) is 11.1 Å². The van der Waals surface area contributed by atoms with E-state index in [1.807, 2.05) is 18.2 Å². The van der Waals surface area contributed by atoms with Gasteiger partial charge in [-0.3, -0.25) is 4.79 Å². The first-order valence-corrected chi connectivity index (χ1v) is 7.11. The Morgan fingerprint density at radius 2 is 1.79 bits per heavy atom. The molecule has 0 amide bonds. The minimum Gasteiger partial charge on any atom is -0.480 e. The Morgan fingerprint density at radius 3 is 2.42 bits per heavy atom. The summed E-state index contributed by atoms with van der Waals surface area (Å²) in [6, 6.07) is 14.0. The lowest BCUT2D eigenvalue weighted by atomic mass is 10.1. The second kappa shape index (κ2) is 6.33. The van der Waals surface area contributed by atoms with E-state index in [1.165, 1.54) is 11.8 Å². The summed E-state index contributed by atoms with van der Waals surface area (Å²) in [5.41, 5.74) is 0.719. The van der Waals surface area contributed by atoms with E-state index < -0.39 is 11.2 Å². The number of carboxylic acid groups (broad SMARTS) is 1. The van der Waals surface area contributed by atoms with Gasteiger partial charge in [-0.15, -0.1) is 11.8 Å². The number of halogens is 2. The largest absolute Gasteiger partial charge is 0.480 e. The maximum absolute atomic E-state index is 11.4. The zero-order chi connectivity index (χ0) is 13.8. The highest BCUT2D eigenvalue weighted by atomic mass is 35.5. The fraction of sp³-hybridized carbons (Fsp3) is 0.0714. The van der Waals surface area contributed by atoms with Gasteiger partial charge in [0.2, 0.25) is 0 Å². The highest BCUT2D eigenvalue weighted by Gasteiger charge is 2.22. The van der Waals surface area contributed by atoms with Crippen molar-refractivity contribution in [3.05, 3.63) is 64.1 Å². The fourth-order valence-corrected chi connectivity index (χ4v) is 3.09. The molecule has 0 aliphatic carbocycles. The van der Waals surface area contributed by atoms with Crippen LogP contribution in [0.4, 0.5) is 0 Å². The number of carboxylic acids is 1. The van der Waals surface area contributed by atoms with E-state index in [2.05, 4.69) is 0 Å². The zero-order valence-corrected chi connectivity index (χ0v) is 12.0. The van der Waals surface area contributed by atoms with Crippen molar-refractivity contribution in [1.29, 1.82) is 0 Å². The lowest BCUT2D eigenvalue weighted by Gasteiger charge is -2.13. The Morgan fingerprint density at radius 1 is 1.11 bits per heavy atom. The summed E-state index contributed by atoms with van der Waals surface area (Å²) in [7, 11) is 0. The van der Waals surface area contributed by atoms with Gasteiger partial charge in [0.15, 0.2) is 0 Å². The minimum absolute atomic E-state index is 0.497. The van der Waals surface area contributed by atoms with Crippen molar-refractivity contribution in [2.24, 2.45) is 0 Å². The molecule has 0 heterocycles. The molecule has 19 heavy (non-hydrogen) atoms. The Labute approximate surface area is 125 Å². The number of hydrogen-bond acceptors (Lipinski definition) is 2. The standard InChI is InChI=1S/C14H10Cl2O2S/c15-10-6-7-11(16)12(8-10)19-13(14(17)18)9-4-2-1-3-5-9/h1-8,13H,(H,17,18). The van der Waals surface area contributed by atoms with Crippen LogP contribution in [0.1, 0.15) is 10.8 Å². The quantitative estimate of drug-likeness (QED) is 0.815. The average molecular weight is 313 g/mol. The Kier molecular flexibility index (Phi) is 4.75. The van der Waals surface area contributed by atoms with Gasteiger partial charge in [0.05, 0.1) is 5.02 Å². The average Bonchev–Trinajstić information content (AvgIpc) is 2.40. The van der Waals surface area contributed by atoms with Crippen molar-refractivity contribution in [2.75, 3.05) is 0 Å². The number of benzene rings is 2. The summed E-state index contributed by atoms with van der Waals surface area (Å²) in [4.78, 5) is 12.1. The van der Waals surface area contributed by atoms with Crippen molar-refractivity contribution in [3.63, 3.8) is 0 Å². The van der Waals surface area contributed by atoms with Crippen LogP contribution in [0.2, 0.25) is 10.0 Å². The molecule has 0 aliphatic rings. The lowest BCUT2D eigenvalue weighted by molar-refractivity contribution is -0.136. The van der Waals surface area contributed by atoms with Crippen molar-refractivity contribution in [1.82, 2.24) is 0 Å². The molecule has 2 rings (SSSR count). The molecule has 1 unspecified atom stereocenters. The molecule has 0 bridgehead atoms. The fourth-order valence-electron chi connectivity index (χ4n) is 1.58. The second-order valence-electron chi connectivity index (χ2n) is 3.82. The van der Waals surface area contributed by atoms with Crippen LogP contribution in [0.5, 0.6) is 0 Å². The smallest absolute Gasteiger partial charge is 0.321 e. The lowest BCUT2D eigenvalue weighted by Crippen LogP contribution is -2.07. The summed E-state index contributed by atoms with van der Waals surface area (Å²) < 4.78 is 0. The summed E-state index contributed by atoms with van der Waals surface area (Å²) in [6.07, 6.45) is 0. The highest BCUT2D eigenvalue weighted by molar-refractivity contribution is 8.00. The van der Waals surface area contributed by atoms with Crippen LogP contribution in [-0.2, 0) is 4.79 Å². The van der Waals surface area contributed by atoms with Gasteiger partial charge in [-0.25, -0.2) is 0 Å². The molecule has 0 aromatic heterocycles. The summed E-state index contributed by atoms with van der Waals surface area (Å²) in [5, 5.41) is 9.67. The maximum atomic E-state index is 11.4. The molecule has 1 atom stereocenters. The van der Waals surface area contributed by atoms with Gasteiger partial charge in [0.1, 0.15) is 5.25 Å². The van der Waals surface area contributed by atoms with Gasteiger partial charge in [0.25, 0.3) is 0 Å². The molecular formula is C14H10Cl2O2S. The third-order valence-electron chi connectivity index (χ3n) is 2.46. The molecule has 0 saturated heterocycles. The van der Waals surface area contributed by atoms with Crippen LogP contribution >= 0.6 is 35.0 Å². The van der Waals surface area contributed by atoms with E-state index in [0.717, 1.165) is 5.56 Å². The molecule has 1 N–H and O–H groups in total. The topological polar surface area (TPSA) is 37.3 Å². The third-order valence-corrected chi connectivity index (χ3v) is 4.44.